The van der Waals surface area contributed by atoms with E-state index in [0.29, 0.717) is 16.7 Å². The van der Waals surface area contributed by atoms with Gasteiger partial charge in [-0.2, -0.15) is 0 Å². The standard InChI is InChI=1S/C18H16N2O4/c21-10-9-19-16(22)13-7-5-12(6-8-13)11-20-17(23)14-3-1-2-4-15(14)18(20)24/h1-8,21H,9-11H2,(H,19,22). The molecule has 0 unspecified atom stereocenters. The number of aliphatic hydroxyl groups is 1. The molecule has 3 rings (SSSR count). The van der Waals surface area contributed by atoms with Crippen LogP contribution in [0.25, 0.3) is 0 Å². The van der Waals surface area contributed by atoms with E-state index in [4.69, 9.17) is 5.11 Å². The number of nitrogens with one attached hydrogen (secondary N) is 1. The molecule has 0 saturated carbocycles. The Morgan fingerprint density at radius 3 is 2.08 bits per heavy atom. The van der Waals surface area contributed by atoms with E-state index in [-0.39, 0.29) is 37.4 Å². The summed E-state index contributed by atoms with van der Waals surface area (Å²) in [7, 11) is 0. The smallest absolute Gasteiger partial charge is 0.261 e. The van der Waals surface area contributed by atoms with Crippen molar-refractivity contribution in [3.63, 3.8) is 0 Å². The van der Waals surface area contributed by atoms with Crippen LogP contribution in [0.1, 0.15) is 36.6 Å². The molecule has 1 aliphatic rings. The molecule has 122 valence electrons. The summed E-state index contributed by atoms with van der Waals surface area (Å²) in [5.74, 6) is -0.892. The van der Waals surface area contributed by atoms with Gasteiger partial charge in [0.2, 0.25) is 0 Å². The van der Waals surface area contributed by atoms with Crippen LogP contribution in [0, 0.1) is 0 Å². The second kappa shape index (κ2) is 6.64. The molecule has 2 aromatic rings. The number of benzene rings is 2. The summed E-state index contributed by atoms with van der Waals surface area (Å²) < 4.78 is 0. The van der Waals surface area contributed by atoms with E-state index in [9.17, 15) is 14.4 Å². The Morgan fingerprint density at radius 2 is 1.54 bits per heavy atom. The number of fused-ring (bicyclic) bond motifs is 1. The Hall–Kier alpha value is -2.99. The summed E-state index contributed by atoms with van der Waals surface area (Å²) in [5, 5.41) is 11.3. The van der Waals surface area contributed by atoms with Gasteiger partial charge in [-0.15, -0.1) is 0 Å². The third-order valence-corrected chi connectivity index (χ3v) is 3.83. The topological polar surface area (TPSA) is 86.7 Å². The minimum atomic E-state index is -0.305. The average molecular weight is 324 g/mol. The zero-order valence-corrected chi connectivity index (χ0v) is 12.9. The van der Waals surface area contributed by atoms with Crippen LogP contribution in [0.15, 0.2) is 48.5 Å². The molecule has 2 aromatic carbocycles. The molecular weight excluding hydrogens is 308 g/mol. The molecule has 24 heavy (non-hydrogen) atoms. The Morgan fingerprint density at radius 1 is 0.958 bits per heavy atom. The van der Waals surface area contributed by atoms with E-state index >= 15 is 0 Å². The summed E-state index contributed by atoms with van der Waals surface area (Å²) in [6, 6.07) is 13.4. The molecule has 0 atom stereocenters. The molecule has 2 N–H and O–H groups in total. The quantitative estimate of drug-likeness (QED) is 0.809. The van der Waals surface area contributed by atoms with Crippen LogP contribution >= 0.6 is 0 Å². The first kappa shape index (κ1) is 15.9. The summed E-state index contributed by atoms with van der Waals surface area (Å²) >= 11 is 0. The summed E-state index contributed by atoms with van der Waals surface area (Å²) in [6.45, 7) is 0.226. The lowest BCUT2D eigenvalue weighted by molar-refractivity contribution is 0.0642. The van der Waals surface area contributed by atoms with Crippen molar-refractivity contribution in [3.05, 3.63) is 70.8 Å². The van der Waals surface area contributed by atoms with Crippen molar-refractivity contribution < 1.29 is 19.5 Å². The molecule has 0 aromatic heterocycles. The maximum Gasteiger partial charge on any atom is 0.261 e. The first-order valence-corrected chi connectivity index (χ1v) is 7.55. The van der Waals surface area contributed by atoms with Gasteiger partial charge >= 0.3 is 0 Å². The molecule has 0 aliphatic carbocycles. The van der Waals surface area contributed by atoms with Crippen molar-refractivity contribution in [1.82, 2.24) is 10.2 Å². The second-order valence-corrected chi connectivity index (χ2v) is 5.42. The van der Waals surface area contributed by atoms with Crippen LogP contribution in [-0.4, -0.2) is 40.9 Å². The maximum absolute atomic E-state index is 12.3. The molecule has 0 bridgehead atoms. The molecule has 1 aliphatic heterocycles. The fraction of sp³-hybridized carbons (Fsp3) is 0.167. The SMILES string of the molecule is O=C(NCCO)c1ccc(CN2C(=O)c3ccccc3C2=O)cc1. The number of carbonyl (C=O) groups is 3. The van der Waals surface area contributed by atoms with E-state index in [1.165, 1.54) is 4.90 Å². The highest BCUT2D eigenvalue weighted by atomic mass is 16.3. The van der Waals surface area contributed by atoms with E-state index in [0.717, 1.165) is 5.56 Å². The average Bonchev–Trinajstić information content (AvgIpc) is 2.85. The summed E-state index contributed by atoms with van der Waals surface area (Å²) in [5.41, 5.74) is 2.04. The Balaban J connectivity index is 1.72. The van der Waals surface area contributed by atoms with Crippen LogP contribution in [0.5, 0.6) is 0 Å². The highest BCUT2D eigenvalue weighted by molar-refractivity contribution is 6.21. The fourth-order valence-electron chi connectivity index (χ4n) is 2.60. The molecule has 0 saturated heterocycles. The van der Waals surface area contributed by atoms with Crippen LogP contribution < -0.4 is 5.32 Å². The van der Waals surface area contributed by atoms with Crippen molar-refractivity contribution in [2.45, 2.75) is 6.54 Å². The maximum atomic E-state index is 12.3. The number of rotatable bonds is 5. The van der Waals surface area contributed by atoms with Crippen LogP contribution in [0.4, 0.5) is 0 Å². The first-order valence-electron chi connectivity index (χ1n) is 7.55. The summed E-state index contributed by atoms with van der Waals surface area (Å²) in [6.07, 6.45) is 0. The third-order valence-electron chi connectivity index (χ3n) is 3.83. The van der Waals surface area contributed by atoms with Crippen molar-refractivity contribution in [1.29, 1.82) is 0 Å². The number of amides is 3. The van der Waals surface area contributed by atoms with Crippen LogP contribution in [0.3, 0.4) is 0 Å². The highest BCUT2D eigenvalue weighted by Crippen LogP contribution is 2.24. The highest BCUT2D eigenvalue weighted by Gasteiger charge is 2.34. The number of aliphatic hydroxyl groups excluding tert-OH is 1. The molecule has 3 amide bonds. The Labute approximate surface area is 138 Å². The normalized spacial score (nSPS) is 13.1. The van der Waals surface area contributed by atoms with Gasteiger partial charge in [0.15, 0.2) is 0 Å². The van der Waals surface area contributed by atoms with Gasteiger partial charge in [0.1, 0.15) is 0 Å². The number of hydrogen-bond donors (Lipinski definition) is 2. The van der Waals surface area contributed by atoms with Crippen molar-refractivity contribution in [2.24, 2.45) is 0 Å². The molecule has 0 radical (unpaired) electrons. The molecular formula is C18H16N2O4. The zero-order valence-electron chi connectivity index (χ0n) is 12.9. The lowest BCUT2D eigenvalue weighted by Gasteiger charge is -2.14. The number of hydrogen-bond acceptors (Lipinski definition) is 4. The van der Waals surface area contributed by atoms with Crippen LogP contribution in [0.2, 0.25) is 0 Å². The fourth-order valence-corrected chi connectivity index (χ4v) is 2.60. The van der Waals surface area contributed by atoms with Crippen molar-refractivity contribution in [3.8, 4) is 0 Å². The first-order chi connectivity index (χ1) is 11.6. The van der Waals surface area contributed by atoms with Gasteiger partial charge in [-0.3, -0.25) is 19.3 Å². The minimum Gasteiger partial charge on any atom is -0.395 e. The zero-order chi connectivity index (χ0) is 17.1. The van der Waals surface area contributed by atoms with E-state index < -0.39 is 0 Å². The molecule has 0 spiro atoms. The van der Waals surface area contributed by atoms with Gasteiger partial charge in [-0.1, -0.05) is 24.3 Å². The third kappa shape index (κ3) is 2.91. The minimum absolute atomic E-state index is 0.121. The number of carbonyl (C=O) groups excluding carboxylic acids is 3. The van der Waals surface area contributed by atoms with Gasteiger partial charge in [-0.25, -0.2) is 0 Å². The van der Waals surface area contributed by atoms with Gasteiger partial charge < -0.3 is 10.4 Å². The molecule has 6 heteroatoms. The predicted molar refractivity (Wildman–Crippen MR) is 86.5 cm³/mol. The predicted octanol–water partition coefficient (Wildman–Crippen LogP) is 1.20. The van der Waals surface area contributed by atoms with E-state index in [2.05, 4.69) is 5.32 Å². The van der Waals surface area contributed by atoms with Gasteiger partial charge in [0.05, 0.1) is 24.3 Å². The van der Waals surface area contributed by atoms with Gasteiger partial charge in [-0.05, 0) is 29.8 Å². The summed E-state index contributed by atoms with van der Waals surface area (Å²) in [4.78, 5) is 37.6. The lowest BCUT2D eigenvalue weighted by Crippen LogP contribution is -2.29. The lowest BCUT2D eigenvalue weighted by atomic mass is 10.1. The molecule has 1 heterocycles. The van der Waals surface area contributed by atoms with E-state index in [1.54, 1.807) is 48.5 Å². The number of nitrogens with zero attached hydrogens (tertiary/aromatic N) is 1. The molecule has 6 nitrogen and oxygen atoms in total. The Kier molecular flexibility index (Phi) is 4.39. The van der Waals surface area contributed by atoms with Gasteiger partial charge in [0, 0.05) is 12.1 Å². The van der Waals surface area contributed by atoms with E-state index in [1.807, 2.05) is 0 Å². The van der Waals surface area contributed by atoms with Crippen molar-refractivity contribution in [2.75, 3.05) is 13.2 Å². The largest absolute Gasteiger partial charge is 0.395 e. The second-order valence-electron chi connectivity index (χ2n) is 5.42. The van der Waals surface area contributed by atoms with Crippen LogP contribution in [-0.2, 0) is 6.54 Å². The van der Waals surface area contributed by atoms with Gasteiger partial charge in [0.25, 0.3) is 17.7 Å². The Bertz CT molecular complexity index is 764. The van der Waals surface area contributed by atoms with Crippen molar-refractivity contribution >= 4 is 17.7 Å². The number of imide groups is 1. The monoisotopic (exact) mass is 324 g/mol. The molecule has 0 fully saturated rings.